The van der Waals surface area contributed by atoms with E-state index in [0.717, 1.165) is 4.90 Å². The average Bonchev–Trinajstić information content (AvgIpc) is 3.65. The van der Waals surface area contributed by atoms with E-state index in [-0.39, 0.29) is 88.4 Å². The first-order valence-electron chi connectivity index (χ1n) is 17.5. The van der Waals surface area contributed by atoms with Crippen molar-refractivity contribution in [2.24, 2.45) is 10.7 Å². The van der Waals surface area contributed by atoms with Gasteiger partial charge in [-0.2, -0.15) is 0 Å². The number of nitrogens with one attached hydrogen (secondary N) is 5. The molecule has 306 valence electrons. The zero-order valence-electron chi connectivity index (χ0n) is 30.6. The molecule has 22 heteroatoms. The topological polar surface area (TPSA) is 335 Å². The average molecular weight is 782 g/mol. The number of rotatable bonds is 25. The van der Waals surface area contributed by atoms with E-state index in [4.69, 9.17) is 15.7 Å². The summed E-state index contributed by atoms with van der Waals surface area (Å²) in [5, 5.41) is 58.4. The molecule has 55 heavy (non-hydrogen) atoms. The summed E-state index contributed by atoms with van der Waals surface area (Å²) in [6, 6.07) is -0.527. The highest BCUT2D eigenvalue weighted by molar-refractivity contribution is 6.01. The predicted octanol–water partition coefficient (Wildman–Crippen LogP) is -3.47. The Morgan fingerprint density at radius 3 is 2.31 bits per heavy atom. The third-order valence-corrected chi connectivity index (χ3v) is 8.41. The molecular formula is C33H51N9O13. The molecule has 12 N–H and O–H groups in total. The number of aromatic hydroxyl groups is 1. The lowest BCUT2D eigenvalue weighted by Gasteiger charge is -2.33. The highest BCUT2D eigenvalue weighted by atomic mass is 16.5. The smallest absolute Gasteiger partial charge is 0.326 e. The maximum atomic E-state index is 13.7. The second-order valence-electron chi connectivity index (χ2n) is 12.6. The number of hydrogen-bond acceptors (Lipinski definition) is 15. The molecule has 6 unspecified atom stereocenters. The van der Waals surface area contributed by atoms with Crippen molar-refractivity contribution in [2.45, 2.75) is 81.8 Å². The molecule has 0 aliphatic carbocycles. The highest BCUT2D eigenvalue weighted by Gasteiger charge is 2.36. The van der Waals surface area contributed by atoms with Crippen LogP contribution in [0.2, 0.25) is 0 Å². The summed E-state index contributed by atoms with van der Waals surface area (Å²) in [5.74, 6) is -5.69. The van der Waals surface area contributed by atoms with Crippen molar-refractivity contribution in [3.63, 3.8) is 0 Å². The molecule has 6 amide bonds. The maximum absolute atomic E-state index is 13.7. The van der Waals surface area contributed by atoms with E-state index in [2.05, 4.69) is 26.3 Å². The minimum atomic E-state index is -1.61. The van der Waals surface area contributed by atoms with E-state index >= 15 is 0 Å². The van der Waals surface area contributed by atoms with Crippen LogP contribution >= 0.6 is 0 Å². The number of carboxylic acids is 1. The summed E-state index contributed by atoms with van der Waals surface area (Å²) < 4.78 is 5.42. The first-order valence-corrected chi connectivity index (χ1v) is 17.5. The Bertz CT molecular complexity index is 1510. The van der Waals surface area contributed by atoms with Gasteiger partial charge in [0.15, 0.2) is 6.04 Å². The molecule has 1 heterocycles. The lowest BCUT2D eigenvalue weighted by Crippen LogP contribution is -2.60. The molecule has 2 rings (SSSR count). The summed E-state index contributed by atoms with van der Waals surface area (Å²) in [7, 11) is 1.22. The molecule has 0 aromatic heterocycles. The summed E-state index contributed by atoms with van der Waals surface area (Å²) >= 11 is 0. The quantitative estimate of drug-likeness (QED) is 0.0199. The molecule has 1 aliphatic heterocycles. The number of likely N-dealkylation sites (N-methyl/N-ethyl adjacent to an activating group) is 1. The van der Waals surface area contributed by atoms with Crippen LogP contribution in [0.5, 0.6) is 5.75 Å². The normalized spacial score (nSPS) is 16.2. The molecule has 0 saturated carbocycles. The second kappa shape index (κ2) is 23.4. The van der Waals surface area contributed by atoms with Crippen molar-refractivity contribution in [3.8, 4) is 5.75 Å². The van der Waals surface area contributed by atoms with Crippen LogP contribution < -0.4 is 32.5 Å². The summed E-state index contributed by atoms with van der Waals surface area (Å²) in [6.07, 6.45) is -1.26. The number of phenols is 1. The summed E-state index contributed by atoms with van der Waals surface area (Å²) in [5.41, 5.74) is 7.83. The fraction of sp³-hybridized carbons (Fsp3) is 0.576. The SMILES string of the molecule is CC(O)C(NC(=O)CNC(=O)C1COC(c2ccccc2O)=N1)C(=O)N(C)C(CCCNO)C(=O)NC(CCCN)C(=O)NC(CCCN(O)C=O)C(=O)O. The molecular weight excluding hydrogens is 730 g/mol. The van der Waals surface area contributed by atoms with Crippen LogP contribution in [0, 0.1) is 0 Å². The standard InChI is InChI=1S/C33H51N9O13/c1-19(44)27(40-26(46)16-35-28(47)23-17-55-31(39-23)20-8-3-4-12-25(20)45)32(50)41(2)24(11-6-14-36-53)30(49)37-21(9-5-13-34)29(48)38-22(33(51)52)10-7-15-42(54)18-43/h3-4,8,12,18-19,21-24,27,36,44-45,53-54H,5-7,9-11,13-17,34H2,1-2H3,(H,35,47)(H,37,49)(H,38,48)(H,40,46)(H,51,52). The largest absolute Gasteiger partial charge is 0.507 e. The number of aliphatic imine (C=N–C) groups is 1. The number of phenolic OH excluding ortho intramolecular Hbond substituents is 1. The Kier molecular flexibility index (Phi) is 19.4. The highest BCUT2D eigenvalue weighted by Crippen LogP contribution is 2.21. The molecule has 0 fully saturated rings. The number of benzene rings is 1. The van der Waals surface area contributed by atoms with Crippen LogP contribution in [0.3, 0.4) is 0 Å². The Labute approximate surface area is 316 Å². The van der Waals surface area contributed by atoms with Crippen LogP contribution in [0.25, 0.3) is 0 Å². The summed E-state index contributed by atoms with van der Waals surface area (Å²) in [4.78, 5) is 93.8. The van der Waals surface area contributed by atoms with Gasteiger partial charge in [0.05, 0.1) is 18.2 Å². The number of aliphatic hydroxyl groups excluding tert-OH is 1. The molecule has 22 nitrogen and oxygen atoms in total. The van der Waals surface area contributed by atoms with Crippen molar-refractivity contribution in [1.29, 1.82) is 0 Å². The van der Waals surface area contributed by atoms with Gasteiger partial charge in [-0.3, -0.25) is 34.0 Å². The Morgan fingerprint density at radius 2 is 1.69 bits per heavy atom. The maximum Gasteiger partial charge on any atom is 0.326 e. The van der Waals surface area contributed by atoms with Gasteiger partial charge < -0.3 is 57.2 Å². The number of hydroxylamine groups is 3. The molecule has 0 saturated heterocycles. The van der Waals surface area contributed by atoms with Gasteiger partial charge in [-0.1, -0.05) is 12.1 Å². The van der Waals surface area contributed by atoms with Gasteiger partial charge >= 0.3 is 5.97 Å². The molecule has 0 bridgehead atoms. The molecule has 1 aromatic carbocycles. The number of carboxylic acid groups (broad SMARTS) is 1. The molecule has 0 radical (unpaired) electrons. The first kappa shape index (κ1) is 45.7. The van der Waals surface area contributed by atoms with E-state index in [9.17, 15) is 54.1 Å². The van der Waals surface area contributed by atoms with Gasteiger partial charge in [-0.15, -0.1) is 0 Å². The Morgan fingerprint density at radius 1 is 1.02 bits per heavy atom. The first-order chi connectivity index (χ1) is 26.1. The molecule has 1 aromatic rings. The van der Waals surface area contributed by atoms with Crippen LogP contribution in [0.1, 0.15) is 51.0 Å². The zero-order chi connectivity index (χ0) is 41.1. The number of nitrogens with zero attached hydrogens (tertiary/aromatic N) is 3. The zero-order valence-corrected chi connectivity index (χ0v) is 30.6. The number of nitrogens with two attached hydrogens (primary N) is 1. The van der Waals surface area contributed by atoms with Crippen LogP contribution in [-0.4, -0.2) is 160 Å². The van der Waals surface area contributed by atoms with Crippen molar-refractivity contribution in [3.05, 3.63) is 29.8 Å². The van der Waals surface area contributed by atoms with E-state index in [1.54, 1.807) is 18.2 Å². The number of ether oxygens (including phenoxy) is 1. The number of amides is 6. The fourth-order valence-corrected chi connectivity index (χ4v) is 5.35. The van der Waals surface area contributed by atoms with Gasteiger partial charge in [0.1, 0.15) is 36.5 Å². The van der Waals surface area contributed by atoms with Gasteiger partial charge in [0.25, 0.3) is 0 Å². The van der Waals surface area contributed by atoms with Gasteiger partial charge in [-0.25, -0.2) is 20.3 Å². The number of para-hydroxylation sites is 1. The van der Waals surface area contributed by atoms with E-state index in [0.29, 0.717) is 5.06 Å². The van der Waals surface area contributed by atoms with Gasteiger partial charge in [0.2, 0.25) is 41.8 Å². The van der Waals surface area contributed by atoms with Gasteiger partial charge in [-0.05, 0) is 64.1 Å². The number of carbonyl (C=O) groups is 7. The predicted molar refractivity (Wildman–Crippen MR) is 190 cm³/mol. The number of carbonyl (C=O) groups excluding carboxylic acids is 6. The lowest BCUT2D eigenvalue weighted by atomic mass is 10.0. The van der Waals surface area contributed by atoms with Crippen molar-refractivity contribution >= 4 is 47.8 Å². The number of aliphatic carboxylic acids is 1. The Balaban J connectivity index is 2.14. The molecule has 6 atom stereocenters. The minimum Gasteiger partial charge on any atom is -0.507 e. The third-order valence-electron chi connectivity index (χ3n) is 8.41. The second-order valence-corrected chi connectivity index (χ2v) is 12.6. The van der Waals surface area contributed by atoms with Crippen LogP contribution in [0.15, 0.2) is 29.3 Å². The van der Waals surface area contributed by atoms with Gasteiger partial charge in [0, 0.05) is 20.1 Å². The number of aliphatic hydroxyl groups is 1. The molecule has 1 aliphatic rings. The van der Waals surface area contributed by atoms with E-state index in [1.807, 2.05) is 5.48 Å². The van der Waals surface area contributed by atoms with Crippen molar-refractivity contribution < 1.29 is 64.0 Å². The van der Waals surface area contributed by atoms with Crippen LogP contribution in [0.4, 0.5) is 0 Å². The third kappa shape index (κ3) is 14.7. The lowest BCUT2D eigenvalue weighted by molar-refractivity contribution is -0.150. The van der Waals surface area contributed by atoms with E-state index < -0.39 is 78.4 Å². The summed E-state index contributed by atoms with van der Waals surface area (Å²) in [6.45, 7) is 0.340. The fourth-order valence-electron chi connectivity index (χ4n) is 5.35. The molecule has 0 spiro atoms. The van der Waals surface area contributed by atoms with Crippen LogP contribution in [-0.2, 0) is 38.3 Å². The van der Waals surface area contributed by atoms with Crippen molar-refractivity contribution in [1.82, 2.24) is 36.7 Å². The Hall–Kier alpha value is -5.42. The minimum absolute atomic E-state index is 0.00108. The van der Waals surface area contributed by atoms with Crippen molar-refractivity contribution in [2.75, 3.05) is 39.8 Å². The number of hydrogen-bond donors (Lipinski definition) is 11. The monoisotopic (exact) mass is 781 g/mol. The van der Waals surface area contributed by atoms with E-state index in [1.165, 1.54) is 20.0 Å².